The van der Waals surface area contributed by atoms with E-state index in [1.165, 1.54) is 0 Å². The molecule has 4 rings (SSSR count). The Morgan fingerprint density at radius 3 is 2.93 bits per heavy atom. The molecule has 0 spiro atoms. The normalized spacial score (nSPS) is 16.0. The summed E-state index contributed by atoms with van der Waals surface area (Å²) in [5.74, 6) is 1.17. The van der Waals surface area contributed by atoms with E-state index in [-0.39, 0.29) is 18.3 Å². The molecular weight excluding hydrogens is 390 g/mol. The third kappa shape index (κ3) is 5.13. The summed E-state index contributed by atoms with van der Waals surface area (Å²) in [4.78, 5) is 16.6. The lowest BCUT2D eigenvalue weighted by Crippen LogP contribution is -2.32. The Morgan fingerprint density at radius 2 is 2.21 bits per heavy atom. The van der Waals surface area contributed by atoms with Gasteiger partial charge in [-0.2, -0.15) is 5.10 Å². The van der Waals surface area contributed by atoms with Crippen molar-refractivity contribution >= 4 is 24.0 Å². The quantitative estimate of drug-likeness (QED) is 0.661. The number of hydrogen-bond donors (Lipinski definition) is 2. The lowest BCUT2D eigenvalue weighted by atomic mass is 10.1. The molecule has 0 bridgehead atoms. The first-order valence-corrected chi connectivity index (χ1v) is 9.45. The highest BCUT2D eigenvalue weighted by Gasteiger charge is 2.18. The third-order valence-electron chi connectivity index (χ3n) is 4.78. The number of amides is 1. The first-order valence-electron chi connectivity index (χ1n) is 9.45. The van der Waals surface area contributed by atoms with E-state index in [9.17, 15) is 4.79 Å². The van der Waals surface area contributed by atoms with E-state index in [1.807, 2.05) is 48.1 Å². The van der Waals surface area contributed by atoms with E-state index in [4.69, 9.17) is 4.74 Å². The summed E-state index contributed by atoms with van der Waals surface area (Å²) < 4.78 is 7.71. The highest BCUT2D eigenvalue weighted by atomic mass is 35.5. The zero-order valence-electron chi connectivity index (χ0n) is 16.2. The van der Waals surface area contributed by atoms with E-state index in [1.54, 1.807) is 18.5 Å². The maximum Gasteiger partial charge on any atom is 0.276 e. The predicted molar refractivity (Wildman–Crippen MR) is 114 cm³/mol. The van der Waals surface area contributed by atoms with Crippen molar-refractivity contribution in [3.05, 3.63) is 66.2 Å². The number of hydrogen-bond acceptors (Lipinski definition) is 5. The maximum atomic E-state index is 12.6. The van der Waals surface area contributed by atoms with Gasteiger partial charge >= 0.3 is 0 Å². The fraction of sp³-hybridized carbons (Fsp3) is 0.286. The van der Waals surface area contributed by atoms with Crippen LogP contribution in [0.1, 0.15) is 34.9 Å². The van der Waals surface area contributed by atoms with Crippen LogP contribution in [0.2, 0.25) is 0 Å². The molecule has 0 radical (unpaired) electrons. The van der Waals surface area contributed by atoms with Crippen molar-refractivity contribution in [3.8, 4) is 11.5 Å². The Balaban J connectivity index is 0.00000240. The zero-order valence-corrected chi connectivity index (χ0v) is 17.0. The van der Waals surface area contributed by atoms with Crippen LogP contribution in [-0.4, -0.2) is 33.8 Å². The van der Waals surface area contributed by atoms with Gasteiger partial charge in [0.25, 0.3) is 5.91 Å². The minimum Gasteiger partial charge on any atom is -0.455 e. The number of carbonyl (C=O) groups excluding carboxylic acids is 1. The maximum absolute atomic E-state index is 12.6. The smallest absolute Gasteiger partial charge is 0.276 e. The summed E-state index contributed by atoms with van der Waals surface area (Å²) in [6, 6.07) is 11.3. The Labute approximate surface area is 175 Å². The molecule has 1 amide bonds. The molecule has 3 heterocycles. The van der Waals surface area contributed by atoms with Crippen LogP contribution in [0.4, 0.5) is 5.69 Å². The molecule has 1 aliphatic heterocycles. The van der Waals surface area contributed by atoms with Crippen LogP contribution < -0.4 is 15.4 Å². The summed E-state index contributed by atoms with van der Waals surface area (Å²) in [7, 11) is 0. The van der Waals surface area contributed by atoms with Gasteiger partial charge in [-0.1, -0.05) is 0 Å². The van der Waals surface area contributed by atoms with Crippen LogP contribution in [0.25, 0.3) is 0 Å². The van der Waals surface area contributed by atoms with Gasteiger partial charge in [0.1, 0.15) is 11.5 Å². The molecule has 3 aromatic rings. The number of ether oxygens (including phenoxy) is 1. The summed E-state index contributed by atoms with van der Waals surface area (Å²) >= 11 is 0. The fourth-order valence-corrected chi connectivity index (χ4v) is 3.29. The number of carbonyl (C=O) groups is 1. The Bertz CT molecular complexity index is 955. The van der Waals surface area contributed by atoms with Crippen molar-refractivity contribution in [2.24, 2.45) is 0 Å². The average Bonchev–Trinajstić information content (AvgIpc) is 3.22. The van der Waals surface area contributed by atoms with Crippen LogP contribution in [-0.2, 0) is 0 Å². The number of rotatable bonds is 5. The van der Waals surface area contributed by atoms with Gasteiger partial charge in [0.15, 0.2) is 5.69 Å². The van der Waals surface area contributed by atoms with E-state index in [2.05, 4.69) is 20.7 Å². The number of piperidine rings is 1. The van der Waals surface area contributed by atoms with Gasteiger partial charge in [0.05, 0.1) is 12.2 Å². The number of nitrogens with zero attached hydrogens (tertiary/aromatic N) is 3. The molecule has 1 fully saturated rings. The molecule has 1 atom stereocenters. The summed E-state index contributed by atoms with van der Waals surface area (Å²) in [6.45, 7) is 3.87. The number of benzene rings is 1. The third-order valence-corrected chi connectivity index (χ3v) is 4.78. The number of aromatic nitrogens is 3. The molecule has 2 aromatic heterocycles. The molecule has 1 unspecified atom stereocenters. The van der Waals surface area contributed by atoms with E-state index < -0.39 is 0 Å². The number of pyridine rings is 1. The van der Waals surface area contributed by atoms with Crippen LogP contribution >= 0.6 is 12.4 Å². The van der Waals surface area contributed by atoms with Crippen molar-refractivity contribution in [2.75, 3.05) is 18.4 Å². The lowest BCUT2D eigenvalue weighted by molar-refractivity contribution is 0.102. The molecule has 1 aliphatic rings. The van der Waals surface area contributed by atoms with Gasteiger partial charge in [-0.25, -0.2) is 0 Å². The zero-order chi connectivity index (χ0) is 19.3. The summed E-state index contributed by atoms with van der Waals surface area (Å²) in [5, 5.41) is 10.7. The largest absolute Gasteiger partial charge is 0.455 e. The molecule has 0 aliphatic carbocycles. The van der Waals surface area contributed by atoms with Crippen molar-refractivity contribution in [2.45, 2.75) is 25.8 Å². The number of aryl methyl sites for hydroxylation is 1. The highest BCUT2D eigenvalue weighted by Crippen LogP contribution is 2.27. The van der Waals surface area contributed by atoms with E-state index in [0.29, 0.717) is 23.2 Å². The minimum atomic E-state index is -0.220. The first-order chi connectivity index (χ1) is 13.7. The second kappa shape index (κ2) is 9.54. The standard InChI is InChI=1S/C21H23N5O2.ClH/c1-15-12-16(6-7-20(15)28-18-5-3-10-23-14-18)24-21(27)19-8-11-26(25-19)17-4-2-9-22-13-17;/h3,5-8,10-12,14,17,22H,2,4,9,13H2,1H3,(H,24,27);1H. The molecule has 1 saturated heterocycles. The summed E-state index contributed by atoms with van der Waals surface area (Å²) in [6.07, 6.45) is 7.44. The SMILES string of the molecule is Cc1cc(NC(=O)c2ccn(C3CCCNC3)n2)ccc1Oc1cccnc1.Cl. The van der Waals surface area contributed by atoms with E-state index >= 15 is 0 Å². The molecular formula is C21H24ClN5O2. The topological polar surface area (TPSA) is 81.1 Å². The first kappa shape index (κ1) is 20.8. The fourth-order valence-electron chi connectivity index (χ4n) is 3.29. The molecule has 8 heteroatoms. The molecule has 0 saturated carbocycles. The van der Waals surface area contributed by atoms with E-state index in [0.717, 1.165) is 37.2 Å². The van der Waals surface area contributed by atoms with Gasteiger partial charge in [0.2, 0.25) is 0 Å². The van der Waals surface area contributed by atoms with Crippen LogP contribution in [0.15, 0.2) is 55.0 Å². The number of halogens is 1. The molecule has 7 nitrogen and oxygen atoms in total. The van der Waals surface area contributed by atoms with Crippen molar-refractivity contribution < 1.29 is 9.53 Å². The Morgan fingerprint density at radius 1 is 1.31 bits per heavy atom. The average molecular weight is 414 g/mol. The van der Waals surface area contributed by atoms with Gasteiger partial charge in [-0.15, -0.1) is 12.4 Å². The lowest BCUT2D eigenvalue weighted by Gasteiger charge is -2.22. The number of anilines is 1. The number of nitrogens with one attached hydrogen (secondary N) is 2. The molecule has 1 aromatic carbocycles. The van der Waals surface area contributed by atoms with Crippen LogP contribution in [0, 0.1) is 6.92 Å². The van der Waals surface area contributed by atoms with Gasteiger partial charge in [-0.3, -0.25) is 14.5 Å². The Kier molecular flexibility index (Phi) is 6.85. The predicted octanol–water partition coefficient (Wildman–Crippen LogP) is 3.98. The van der Waals surface area contributed by atoms with Gasteiger partial charge < -0.3 is 15.4 Å². The summed E-state index contributed by atoms with van der Waals surface area (Å²) in [5.41, 5.74) is 2.04. The highest BCUT2D eigenvalue weighted by molar-refractivity contribution is 6.02. The van der Waals surface area contributed by atoms with Crippen LogP contribution in [0.3, 0.4) is 0 Å². The van der Waals surface area contributed by atoms with Crippen molar-refractivity contribution in [3.63, 3.8) is 0 Å². The van der Waals surface area contributed by atoms with Crippen molar-refractivity contribution in [1.29, 1.82) is 0 Å². The van der Waals surface area contributed by atoms with Crippen LogP contribution in [0.5, 0.6) is 11.5 Å². The molecule has 29 heavy (non-hydrogen) atoms. The molecule has 152 valence electrons. The minimum absolute atomic E-state index is 0. The second-order valence-corrected chi connectivity index (χ2v) is 6.91. The van der Waals surface area contributed by atoms with Crippen molar-refractivity contribution in [1.82, 2.24) is 20.1 Å². The second-order valence-electron chi connectivity index (χ2n) is 6.91. The van der Waals surface area contributed by atoms with Gasteiger partial charge in [0, 0.05) is 24.6 Å². The van der Waals surface area contributed by atoms with Gasteiger partial charge in [-0.05, 0) is 68.3 Å². The Hall–Kier alpha value is -2.90. The monoisotopic (exact) mass is 413 g/mol. The molecule has 2 N–H and O–H groups in total.